The van der Waals surface area contributed by atoms with E-state index in [0.29, 0.717) is 35.5 Å². The van der Waals surface area contributed by atoms with Gasteiger partial charge in [0.05, 0.1) is 16.9 Å². The zero-order valence-corrected chi connectivity index (χ0v) is 19.3. The van der Waals surface area contributed by atoms with Gasteiger partial charge in [0.2, 0.25) is 5.52 Å². The number of anilines is 1. The van der Waals surface area contributed by atoms with E-state index >= 15 is 0 Å². The van der Waals surface area contributed by atoms with Crippen molar-refractivity contribution in [2.45, 2.75) is 45.1 Å². The van der Waals surface area contributed by atoms with Crippen LogP contribution in [0.3, 0.4) is 0 Å². The molecule has 3 aromatic heterocycles. The van der Waals surface area contributed by atoms with E-state index in [1.54, 1.807) is 31.3 Å². The van der Waals surface area contributed by atoms with Crippen molar-refractivity contribution in [2.75, 3.05) is 18.0 Å². The van der Waals surface area contributed by atoms with Crippen LogP contribution < -0.4 is 10.5 Å². The Bertz CT molecular complexity index is 1330. The topological polar surface area (TPSA) is 58.6 Å². The second-order valence-electron chi connectivity index (χ2n) is 8.74. The summed E-state index contributed by atoms with van der Waals surface area (Å²) in [5.41, 5.74) is 1.17. The lowest BCUT2D eigenvalue weighted by Crippen LogP contribution is -2.57. The van der Waals surface area contributed by atoms with Crippen LogP contribution >= 0.6 is 0 Å². The van der Waals surface area contributed by atoms with Crippen LogP contribution in [0.2, 0.25) is 0 Å². The molecule has 0 N–H and O–H groups in total. The molecule has 178 valence electrons. The summed E-state index contributed by atoms with van der Waals surface area (Å²) in [6, 6.07) is 8.43. The van der Waals surface area contributed by atoms with Gasteiger partial charge in [0, 0.05) is 44.3 Å². The molecule has 34 heavy (non-hydrogen) atoms. The van der Waals surface area contributed by atoms with E-state index in [1.165, 1.54) is 10.6 Å². The lowest BCUT2D eigenvalue weighted by Gasteiger charge is -2.47. The van der Waals surface area contributed by atoms with E-state index in [9.17, 15) is 18.0 Å². The highest BCUT2D eigenvalue weighted by molar-refractivity contribution is 5.89. The first-order chi connectivity index (χ1) is 16.0. The maximum absolute atomic E-state index is 13.2. The Kier molecular flexibility index (Phi) is 6.08. The van der Waals surface area contributed by atoms with Crippen LogP contribution in [0.4, 0.5) is 24.7 Å². The van der Waals surface area contributed by atoms with E-state index in [0.717, 1.165) is 6.07 Å². The monoisotopic (exact) mass is 470 g/mol. The average molecular weight is 470 g/mol. The molecule has 0 bridgehead atoms. The van der Waals surface area contributed by atoms with E-state index in [-0.39, 0.29) is 29.5 Å². The Labute approximate surface area is 195 Å². The van der Waals surface area contributed by atoms with Crippen LogP contribution in [0.1, 0.15) is 38.2 Å². The van der Waals surface area contributed by atoms with Gasteiger partial charge in [-0.3, -0.25) is 9.69 Å². The lowest BCUT2D eigenvalue weighted by molar-refractivity contribution is -0.141. The van der Waals surface area contributed by atoms with Gasteiger partial charge >= 0.3 is 6.18 Å². The van der Waals surface area contributed by atoms with E-state index in [4.69, 9.17) is 6.57 Å². The van der Waals surface area contributed by atoms with Crippen molar-refractivity contribution in [3.8, 4) is 0 Å². The zero-order valence-electron chi connectivity index (χ0n) is 19.3. The van der Waals surface area contributed by atoms with Gasteiger partial charge in [0.15, 0.2) is 0 Å². The van der Waals surface area contributed by atoms with Crippen molar-refractivity contribution in [3.63, 3.8) is 0 Å². The minimum absolute atomic E-state index is 0.0364. The van der Waals surface area contributed by atoms with Crippen LogP contribution in [-0.4, -0.2) is 44.6 Å². The number of nitrogens with zero attached hydrogens (tertiary/aromatic N) is 6. The molecule has 1 aliphatic rings. The van der Waals surface area contributed by atoms with Crippen molar-refractivity contribution in [1.29, 1.82) is 0 Å². The summed E-state index contributed by atoms with van der Waals surface area (Å²) < 4.78 is 41.0. The second kappa shape index (κ2) is 8.72. The van der Waals surface area contributed by atoms with E-state index < -0.39 is 11.9 Å². The third-order valence-corrected chi connectivity index (χ3v) is 6.50. The fourth-order valence-corrected chi connectivity index (χ4v) is 4.62. The molecule has 10 heteroatoms. The summed E-state index contributed by atoms with van der Waals surface area (Å²) in [6.45, 7) is 14.3. The predicted molar refractivity (Wildman–Crippen MR) is 124 cm³/mol. The second-order valence-corrected chi connectivity index (χ2v) is 8.74. The largest absolute Gasteiger partial charge is 0.433 e. The minimum Gasteiger partial charge on any atom is -0.362 e. The number of fused-ring (bicyclic) bond motifs is 1. The van der Waals surface area contributed by atoms with Gasteiger partial charge in [0.1, 0.15) is 5.69 Å². The van der Waals surface area contributed by atoms with Gasteiger partial charge in [-0.2, -0.15) is 13.2 Å². The van der Waals surface area contributed by atoms with Crippen LogP contribution in [0.25, 0.3) is 15.9 Å². The number of hydrogen-bond donors (Lipinski definition) is 0. The third kappa shape index (κ3) is 4.23. The number of alkyl halides is 3. The minimum atomic E-state index is -4.49. The van der Waals surface area contributed by atoms with Gasteiger partial charge in [0.25, 0.3) is 11.4 Å². The Morgan fingerprint density at radius 3 is 2.53 bits per heavy atom. The molecule has 3 aromatic rings. The van der Waals surface area contributed by atoms with Crippen LogP contribution in [0.15, 0.2) is 41.2 Å². The predicted octanol–water partition coefficient (Wildman–Crippen LogP) is 4.56. The first-order valence-corrected chi connectivity index (χ1v) is 11.0. The van der Waals surface area contributed by atoms with Crippen molar-refractivity contribution in [2.24, 2.45) is 7.05 Å². The standard InChI is InChI=1S/C24H25F3N6O/c1-14-13-33(19-11-22(34)31(5)18-9-10-21(28-4)30-23(18)19)15(2)12-32(14)16(3)17-7-6-8-20(29-17)24(25,26)27/h6-11,14-16H,12-13H2,1-3,5H3/t14-,15+,16?/m1/s1. The Morgan fingerprint density at radius 2 is 1.85 bits per heavy atom. The molecule has 7 nitrogen and oxygen atoms in total. The Balaban J connectivity index is 1.67. The Morgan fingerprint density at radius 1 is 1.12 bits per heavy atom. The van der Waals surface area contributed by atoms with Gasteiger partial charge in [-0.25, -0.2) is 4.98 Å². The van der Waals surface area contributed by atoms with Crippen LogP contribution in [-0.2, 0) is 13.2 Å². The normalized spacial score (nSPS) is 20.4. The molecule has 0 amide bonds. The summed E-state index contributed by atoms with van der Waals surface area (Å²) in [4.78, 5) is 28.6. The number of halogens is 3. The number of rotatable bonds is 3. The number of pyridine rings is 3. The lowest BCUT2D eigenvalue weighted by atomic mass is 10.0. The molecule has 0 aromatic carbocycles. The highest BCUT2D eigenvalue weighted by Gasteiger charge is 2.36. The maximum atomic E-state index is 13.2. The van der Waals surface area contributed by atoms with Crippen molar-refractivity contribution >= 4 is 22.5 Å². The number of aromatic nitrogens is 3. The molecule has 1 saturated heterocycles. The average Bonchev–Trinajstić information content (AvgIpc) is 2.81. The fourth-order valence-electron chi connectivity index (χ4n) is 4.62. The van der Waals surface area contributed by atoms with E-state index in [1.807, 2.05) is 20.8 Å². The summed E-state index contributed by atoms with van der Waals surface area (Å²) >= 11 is 0. The van der Waals surface area contributed by atoms with E-state index in [2.05, 4.69) is 24.6 Å². The van der Waals surface area contributed by atoms with Gasteiger partial charge < -0.3 is 14.3 Å². The molecule has 3 atom stereocenters. The van der Waals surface area contributed by atoms with Crippen LogP contribution in [0.5, 0.6) is 0 Å². The van der Waals surface area contributed by atoms with Crippen molar-refractivity contribution < 1.29 is 13.2 Å². The molecule has 0 spiro atoms. The van der Waals surface area contributed by atoms with Gasteiger partial charge in [-0.05, 0) is 45.0 Å². The molecule has 0 aliphatic carbocycles. The maximum Gasteiger partial charge on any atom is 0.433 e. The molecule has 1 fully saturated rings. The number of hydrogen-bond acceptors (Lipinski definition) is 5. The molecular formula is C24H25F3N6O. The van der Waals surface area contributed by atoms with Gasteiger partial charge in [-0.1, -0.05) is 12.6 Å². The smallest absolute Gasteiger partial charge is 0.362 e. The quantitative estimate of drug-likeness (QED) is 0.526. The van der Waals surface area contributed by atoms with Crippen molar-refractivity contribution in [1.82, 2.24) is 19.4 Å². The highest BCUT2D eigenvalue weighted by atomic mass is 19.4. The van der Waals surface area contributed by atoms with Crippen LogP contribution in [0, 0.1) is 6.57 Å². The first kappa shape index (κ1) is 23.7. The highest BCUT2D eigenvalue weighted by Crippen LogP contribution is 2.34. The zero-order chi connectivity index (χ0) is 24.8. The molecule has 4 rings (SSSR count). The molecule has 0 saturated carbocycles. The molecular weight excluding hydrogens is 445 g/mol. The molecule has 1 unspecified atom stereocenters. The molecule has 0 radical (unpaired) electrons. The Hall–Kier alpha value is -3.45. The molecule has 1 aliphatic heterocycles. The fraction of sp³-hybridized carbons (Fsp3) is 0.417. The molecule has 4 heterocycles. The van der Waals surface area contributed by atoms with Gasteiger partial charge in [-0.15, -0.1) is 4.98 Å². The summed E-state index contributed by atoms with van der Waals surface area (Å²) in [5.74, 6) is 0.246. The van der Waals surface area contributed by atoms with Crippen molar-refractivity contribution in [3.05, 3.63) is 69.6 Å². The summed E-state index contributed by atoms with van der Waals surface area (Å²) in [5, 5.41) is 0. The first-order valence-electron chi connectivity index (χ1n) is 11.0. The number of piperazine rings is 1. The SMILES string of the molecule is [C-]#[N+]c1ccc2c(n1)c(N1C[C@@H](C)N(C(C)c3cccc(C(F)(F)F)n3)C[C@@H]1C)cc(=O)n2C. The number of aryl methyl sites for hydroxylation is 1. The summed E-state index contributed by atoms with van der Waals surface area (Å²) in [6.07, 6.45) is -4.49. The third-order valence-electron chi connectivity index (χ3n) is 6.50. The summed E-state index contributed by atoms with van der Waals surface area (Å²) in [7, 11) is 1.67.